The summed E-state index contributed by atoms with van der Waals surface area (Å²) in [5.41, 5.74) is 3.90. The number of hydrogen-bond acceptors (Lipinski definition) is 7. The highest BCUT2D eigenvalue weighted by Crippen LogP contribution is 2.37. The fourth-order valence-corrected chi connectivity index (χ4v) is 4.70. The van der Waals surface area contributed by atoms with Crippen LogP contribution in [0.3, 0.4) is 0 Å². The Balaban J connectivity index is 1.49. The third-order valence-corrected chi connectivity index (χ3v) is 6.65. The van der Waals surface area contributed by atoms with Crippen LogP contribution in [0.1, 0.15) is 46.9 Å². The molecular weight excluding hydrogens is 520 g/mol. The molecule has 1 N–H and O–H groups in total. The number of aromatic nitrogens is 2. The molecule has 9 nitrogen and oxygen atoms in total. The fraction of sp³-hybridized carbons (Fsp3) is 0.172. The van der Waals surface area contributed by atoms with Crippen LogP contribution < -0.4 is 5.32 Å². The largest absolute Gasteiger partial charge is 0.449 e. The number of anilines is 1. The van der Waals surface area contributed by atoms with Crippen molar-refractivity contribution in [1.82, 2.24) is 9.97 Å². The van der Waals surface area contributed by atoms with Crippen LogP contribution in [0.15, 0.2) is 66.9 Å². The topological polar surface area (TPSA) is 124 Å². The molecule has 2 aromatic carbocycles. The molecule has 0 spiro atoms. The average molecular weight is 543 g/mol. The highest BCUT2D eigenvalue weighted by molar-refractivity contribution is 6.30. The molecule has 39 heavy (non-hydrogen) atoms. The minimum Gasteiger partial charge on any atom is -0.449 e. The smallest absolute Gasteiger partial charge is 0.339 e. The maximum absolute atomic E-state index is 13.6. The zero-order valence-corrected chi connectivity index (χ0v) is 21.6. The van der Waals surface area contributed by atoms with Gasteiger partial charge in [0.2, 0.25) is 0 Å². The van der Waals surface area contributed by atoms with Crippen molar-refractivity contribution in [2.45, 2.75) is 32.3 Å². The van der Waals surface area contributed by atoms with E-state index in [1.807, 2.05) is 24.3 Å². The summed E-state index contributed by atoms with van der Waals surface area (Å²) in [6, 6.07) is 16.8. The monoisotopic (exact) mass is 542 g/mol. The number of amides is 1. The number of non-ortho nitro benzene ring substituents is 1. The maximum atomic E-state index is 13.6. The molecule has 10 heteroatoms. The molecule has 0 aliphatic heterocycles. The molecule has 1 aliphatic carbocycles. The first kappa shape index (κ1) is 26.0. The fourth-order valence-electron chi connectivity index (χ4n) is 4.59. The number of hydrogen-bond donors (Lipinski definition) is 1. The third-order valence-electron chi connectivity index (χ3n) is 6.43. The SMILES string of the molecule is CC(OC(=O)c1c2c(nc3ccccc13)C(=Cc1cccc([N+](=O)[O-])c1)CCC2)C(=O)Nc1ccc(Cl)cn1. The lowest BCUT2D eigenvalue weighted by Crippen LogP contribution is -2.31. The van der Waals surface area contributed by atoms with E-state index in [1.165, 1.54) is 25.3 Å². The Morgan fingerprint density at radius 1 is 1.13 bits per heavy atom. The molecule has 1 aliphatic rings. The van der Waals surface area contributed by atoms with E-state index in [4.69, 9.17) is 21.3 Å². The quantitative estimate of drug-likeness (QED) is 0.173. The van der Waals surface area contributed by atoms with Crippen LogP contribution in [0, 0.1) is 10.1 Å². The summed E-state index contributed by atoms with van der Waals surface area (Å²) in [5, 5.41) is 14.9. The first-order valence-electron chi connectivity index (χ1n) is 12.3. The summed E-state index contributed by atoms with van der Waals surface area (Å²) < 4.78 is 5.64. The van der Waals surface area contributed by atoms with E-state index >= 15 is 0 Å². The molecule has 0 bridgehead atoms. The molecule has 1 amide bonds. The minimum absolute atomic E-state index is 0.00261. The van der Waals surface area contributed by atoms with Gasteiger partial charge in [0, 0.05) is 23.7 Å². The summed E-state index contributed by atoms with van der Waals surface area (Å²) in [6.45, 7) is 1.49. The molecule has 2 heterocycles. The maximum Gasteiger partial charge on any atom is 0.339 e. The predicted molar refractivity (Wildman–Crippen MR) is 148 cm³/mol. The average Bonchev–Trinajstić information content (AvgIpc) is 2.93. The third kappa shape index (κ3) is 5.63. The highest BCUT2D eigenvalue weighted by atomic mass is 35.5. The normalized spacial score (nSPS) is 14.5. The first-order valence-corrected chi connectivity index (χ1v) is 12.7. The molecule has 0 radical (unpaired) electrons. The van der Waals surface area contributed by atoms with Crippen molar-refractivity contribution in [3.05, 3.63) is 104 Å². The van der Waals surface area contributed by atoms with E-state index in [0.29, 0.717) is 45.6 Å². The Morgan fingerprint density at radius 3 is 2.72 bits per heavy atom. The number of esters is 1. The van der Waals surface area contributed by atoms with Crippen molar-refractivity contribution in [3.8, 4) is 0 Å². The Kier molecular flexibility index (Phi) is 7.33. The van der Waals surface area contributed by atoms with Crippen molar-refractivity contribution < 1.29 is 19.2 Å². The second-order valence-electron chi connectivity index (χ2n) is 9.10. The van der Waals surface area contributed by atoms with Crippen LogP contribution in [0.4, 0.5) is 11.5 Å². The van der Waals surface area contributed by atoms with Gasteiger partial charge in [-0.15, -0.1) is 0 Å². The number of pyridine rings is 2. The molecular formula is C29H23ClN4O5. The molecule has 0 fully saturated rings. The Hall–Kier alpha value is -4.63. The van der Waals surface area contributed by atoms with Gasteiger partial charge in [-0.3, -0.25) is 14.9 Å². The number of nitro benzene ring substituents is 1. The number of carbonyl (C=O) groups is 2. The molecule has 196 valence electrons. The van der Waals surface area contributed by atoms with E-state index in [-0.39, 0.29) is 11.5 Å². The van der Waals surface area contributed by atoms with Gasteiger partial charge >= 0.3 is 5.97 Å². The molecule has 1 unspecified atom stereocenters. The van der Waals surface area contributed by atoms with Crippen molar-refractivity contribution in [1.29, 1.82) is 0 Å². The number of nitrogens with one attached hydrogen (secondary N) is 1. The Labute approximate surface area is 228 Å². The summed E-state index contributed by atoms with van der Waals surface area (Å²) in [7, 11) is 0. The molecule has 2 aromatic heterocycles. The summed E-state index contributed by atoms with van der Waals surface area (Å²) in [4.78, 5) is 46.0. The van der Waals surface area contributed by atoms with E-state index < -0.39 is 22.9 Å². The second kappa shape index (κ2) is 11.0. The number of carbonyl (C=O) groups excluding carboxylic acids is 2. The lowest BCUT2D eigenvalue weighted by atomic mass is 9.86. The number of halogens is 1. The summed E-state index contributed by atoms with van der Waals surface area (Å²) in [6.07, 6.45) is 4.23. The zero-order valence-electron chi connectivity index (χ0n) is 20.9. The van der Waals surface area contributed by atoms with Gasteiger partial charge < -0.3 is 10.1 Å². The van der Waals surface area contributed by atoms with Gasteiger partial charge in [0.1, 0.15) is 5.82 Å². The van der Waals surface area contributed by atoms with Crippen LogP contribution in [0.25, 0.3) is 22.6 Å². The van der Waals surface area contributed by atoms with Crippen molar-refractivity contribution in [3.63, 3.8) is 0 Å². The number of nitro groups is 1. The predicted octanol–water partition coefficient (Wildman–Crippen LogP) is 6.25. The number of rotatable bonds is 6. The van der Waals surface area contributed by atoms with Gasteiger partial charge in [-0.05, 0) is 67.2 Å². The van der Waals surface area contributed by atoms with E-state index in [0.717, 1.165) is 17.6 Å². The van der Waals surface area contributed by atoms with Crippen LogP contribution in [0.2, 0.25) is 5.02 Å². The lowest BCUT2D eigenvalue weighted by molar-refractivity contribution is -0.384. The Morgan fingerprint density at radius 2 is 1.95 bits per heavy atom. The molecule has 0 saturated heterocycles. The number of allylic oxidation sites excluding steroid dienone is 1. The first-order chi connectivity index (χ1) is 18.8. The summed E-state index contributed by atoms with van der Waals surface area (Å²) >= 11 is 5.85. The van der Waals surface area contributed by atoms with Gasteiger partial charge in [0.15, 0.2) is 6.10 Å². The van der Waals surface area contributed by atoms with Crippen molar-refractivity contribution in [2.75, 3.05) is 5.32 Å². The second-order valence-corrected chi connectivity index (χ2v) is 9.54. The summed E-state index contributed by atoms with van der Waals surface area (Å²) in [5.74, 6) is -0.875. The molecule has 1 atom stereocenters. The van der Waals surface area contributed by atoms with Gasteiger partial charge in [0.25, 0.3) is 11.6 Å². The standard InChI is InChI=1S/C29H23ClN4O5/c1-17(28(35)33-25-13-12-20(30)16-31-25)39-29(36)26-22-9-2-3-11-24(22)32-27-19(7-5-10-23(26)27)14-18-6-4-8-21(15-18)34(37)38/h2-4,6,8-9,11-17H,5,7,10H2,1H3,(H,31,33,35). The van der Waals surface area contributed by atoms with Gasteiger partial charge in [-0.2, -0.15) is 0 Å². The molecule has 0 saturated carbocycles. The number of ether oxygens (including phenoxy) is 1. The van der Waals surface area contributed by atoms with Crippen molar-refractivity contribution >= 4 is 57.5 Å². The molecule has 4 aromatic rings. The zero-order chi connectivity index (χ0) is 27.5. The van der Waals surface area contributed by atoms with E-state index in [1.54, 1.807) is 30.3 Å². The van der Waals surface area contributed by atoms with Crippen molar-refractivity contribution in [2.24, 2.45) is 0 Å². The van der Waals surface area contributed by atoms with Gasteiger partial charge in [0.05, 0.1) is 26.7 Å². The van der Waals surface area contributed by atoms with Gasteiger partial charge in [-0.1, -0.05) is 41.9 Å². The minimum atomic E-state index is -1.10. The van der Waals surface area contributed by atoms with Crippen LogP contribution in [0.5, 0.6) is 0 Å². The van der Waals surface area contributed by atoms with Crippen LogP contribution >= 0.6 is 11.6 Å². The number of nitrogens with zero attached hydrogens (tertiary/aromatic N) is 3. The lowest BCUT2D eigenvalue weighted by Gasteiger charge is -2.23. The van der Waals surface area contributed by atoms with Crippen LogP contribution in [-0.4, -0.2) is 32.9 Å². The van der Waals surface area contributed by atoms with Gasteiger partial charge in [-0.25, -0.2) is 14.8 Å². The highest BCUT2D eigenvalue weighted by Gasteiger charge is 2.28. The number of fused-ring (bicyclic) bond motifs is 2. The van der Waals surface area contributed by atoms with Crippen LogP contribution in [-0.2, 0) is 16.0 Å². The number of para-hydroxylation sites is 1. The molecule has 5 rings (SSSR count). The Bertz CT molecular complexity index is 1640. The van der Waals surface area contributed by atoms with E-state index in [2.05, 4.69) is 10.3 Å². The number of benzene rings is 2. The van der Waals surface area contributed by atoms with E-state index in [9.17, 15) is 19.7 Å².